The zero-order valence-electron chi connectivity index (χ0n) is 7.54. The van der Waals surface area contributed by atoms with Crippen LogP contribution >= 0.6 is 0 Å². The molecule has 0 atom stereocenters. The third-order valence-electron chi connectivity index (χ3n) is 1.62. The van der Waals surface area contributed by atoms with E-state index >= 15 is 0 Å². The molecule has 0 aliphatic rings. The Hall–Kier alpha value is -1.93. The molecule has 0 unspecified atom stereocenters. The van der Waals surface area contributed by atoms with Gasteiger partial charge in [0.1, 0.15) is 0 Å². The van der Waals surface area contributed by atoms with E-state index in [0.29, 0.717) is 0 Å². The van der Waals surface area contributed by atoms with Gasteiger partial charge < -0.3 is 10.2 Å². The van der Waals surface area contributed by atoms with Gasteiger partial charge in [-0.25, -0.2) is 9.59 Å². The SMILES string of the molecule is O=C(O)c1cc(C(=O)O)cc([N+](=O)[O-])c1.[Co]. The van der Waals surface area contributed by atoms with Crippen molar-refractivity contribution in [1.82, 2.24) is 0 Å². The van der Waals surface area contributed by atoms with Crippen LogP contribution in [0.4, 0.5) is 5.69 Å². The molecule has 16 heavy (non-hydrogen) atoms. The van der Waals surface area contributed by atoms with Gasteiger partial charge in [0.15, 0.2) is 0 Å². The first-order valence-corrected chi connectivity index (χ1v) is 3.68. The van der Waals surface area contributed by atoms with E-state index in [1.165, 1.54) is 0 Å². The second-order valence-corrected chi connectivity index (χ2v) is 2.64. The number of hydrogen-bond donors (Lipinski definition) is 2. The second kappa shape index (κ2) is 5.23. The summed E-state index contributed by atoms with van der Waals surface area (Å²) in [6.07, 6.45) is 0. The van der Waals surface area contributed by atoms with Crippen molar-refractivity contribution in [3.63, 3.8) is 0 Å². The number of rotatable bonds is 3. The standard InChI is InChI=1S/C8H5NO6.Co/c10-7(11)4-1-5(8(12)13)3-6(2-4)9(14)15;/h1-3H,(H,10,11)(H,12,13);. The number of non-ortho nitro benzene ring substituents is 1. The summed E-state index contributed by atoms with van der Waals surface area (Å²) in [7, 11) is 0. The minimum absolute atomic E-state index is 0. The largest absolute Gasteiger partial charge is 0.478 e. The zero-order chi connectivity index (χ0) is 11.6. The molecule has 1 aromatic rings. The third-order valence-corrected chi connectivity index (χ3v) is 1.62. The Morgan fingerprint density at radius 3 is 1.69 bits per heavy atom. The quantitative estimate of drug-likeness (QED) is 0.624. The predicted octanol–water partition coefficient (Wildman–Crippen LogP) is 0.989. The van der Waals surface area contributed by atoms with Gasteiger partial charge in [-0.2, -0.15) is 0 Å². The van der Waals surface area contributed by atoms with Gasteiger partial charge >= 0.3 is 11.9 Å². The van der Waals surface area contributed by atoms with E-state index in [1.807, 2.05) is 0 Å². The summed E-state index contributed by atoms with van der Waals surface area (Å²) in [5, 5.41) is 27.5. The molecule has 1 aromatic carbocycles. The number of nitro groups is 1. The summed E-state index contributed by atoms with van der Waals surface area (Å²) >= 11 is 0. The van der Waals surface area contributed by atoms with Gasteiger partial charge in [0.25, 0.3) is 5.69 Å². The van der Waals surface area contributed by atoms with Crippen LogP contribution in [0.25, 0.3) is 0 Å². The fraction of sp³-hybridized carbons (Fsp3) is 0. The number of hydrogen-bond acceptors (Lipinski definition) is 4. The van der Waals surface area contributed by atoms with Crippen molar-refractivity contribution in [3.8, 4) is 0 Å². The molecular formula is C8H5CoNO6. The van der Waals surface area contributed by atoms with Crippen LogP contribution in [0.2, 0.25) is 0 Å². The van der Waals surface area contributed by atoms with Crippen molar-refractivity contribution >= 4 is 17.6 Å². The molecule has 1 radical (unpaired) electrons. The summed E-state index contributed by atoms with van der Waals surface area (Å²) in [4.78, 5) is 30.6. The average Bonchev–Trinajstić information content (AvgIpc) is 2.16. The average molecular weight is 270 g/mol. The van der Waals surface area contributed by atoms with Crippen LogP contribution in [0.3, 0.4) is 0 Å². The van der Waals surface area contributed by atoms with Crippen molar-refractivity contribution in [1.29, 1.82) is 0 Å². The fourth-order valence-electron chi connectivity index (χ4n) is 0.964. The van der Waals surface area contributed by atoms with Gasteiger partial charge in [0, 0.05) is 28.9 Å². The van der Waals surface area contributed by atoms with Crippen molar-refractivity contribution in [2.45, 2.75) is 0 Å². The van der Waals surface area contributed by atoms with Gasteiger partial charge in [-0.15, -0.1) is 0 Å². The molecule has 0 saturated heterocycles. The van der Waals surface area contributed by atoms with Crippen LogP contribution in [0.15, 0.2) is 18.2 Å². The fourth-order valence-corrected chi connectivity index (χ4v) is 0.964. The van der Waals surface area contributed by atoms with E-state index < -0.39 is 33.7 Å². The molecule has 0 aliphatic heterocycles. The van der Waals surface area contributed by atoms with Gasteiger partial charge in [0.05, 0.1) is 16.1 Å². The van der Waals surface area contributed by atoms with E-state index in [1.54, 1.807) is 0 Å². The van der Waals surface area contributed by atoms with Crippen molar-refractivity contribution in [2.24, 2.45) is 0 Å². The maximum Gasteiger partial charge on any atom is 0.335 e. The minimum atomic E-state index is -1.42. The van der Waals surface area contributed by atoms with Crippen LogP contribution in [0.1, 0.15) is 20.7 Å². The Balaban J connectivity index is 0.00000225. The number of nitro benzene ring substituents is 1. The number of nitrogens with zero attached hydrogens (tertiary/aromatic N) is 1. The van der Waals surface area contributed by atoms with E-state index in [4.69, 9.17) is 10.2 Å². The van der Waals surface area contributed by atoms with E-state index in [9.17, 15) is 19.7 Å². The molecule has 0 amide bonds. The molecule has 87 valence electrons. The molecule has 8 heteroatoms. The van der Waals surface area contributed by atoms with Crippen molar-refractivity contribution in [2.75, 3.05) is 0 Å². The van der Waals surface area contributed by atoms with Gasteiger partial charge in [-0.05, 0) is 6.07 Å². The predicted molar refractivity (Wildman–Crippen MR) is 47.0 cm³/mol. The van der Waals surface area contributed by atoms with Crippen molar-refractivity contribution < 1.29 is 41.5 Å². The molecule has 0 heterocycles. The first-order valence-electron chi connectivity index (χ1n) is 3.68. The summed E-state index contributed by atoms with van der Waals surface area (Å²) in [5.41, 5.74) is -1.42. The number of carboxylic acid groups (broad SMARTS) is 2. The second-order valence-electron chi connectivity index (χ2n) is 2.64. The molecular weight excluding hydrogens is 265 g/mol. The molecule has 0 aliphatic carbocycles. The molecule has 0 aromatic heterocycles. The molecule has 0 spiro atoms. The van der Waals surface area contributed by atoms with E-state index in [2.05, 4.69) is 0 Å². The third kappa shape index (κ3) is 3.03. The monoisotopic (exact) mass is 270 g/mol. The Morgan fingerprint density at radius 1 is 1.06 bits per heavy atom. The van der Waals surface area contributed by atoms with E-state index in [-0.39, 0.29) is 16.8 Å². The first kappa shape index (κ1) is 14.1. The number of carbonyl (C=O) groups is 2. The topological polar surface area (TPSA) is 118 Å². The van der Waals surface area contributed by atoms with Crippen LogP contribution in [-0.4, -0.2) is 27.1 Å². The number of benzene rings is 1. The van der Waals surface area contributed by atoms with E-state index in [0.717, 1.165) is 18.2 Å². The Kier molecular flexibility index (Phi) is 4.60. The summed E-state index contributed by atoms with van der Waals surface area (Å²) < 4.78 is 0. The zero-order valence-corrected chi connectivity index (χ0v) is 8.58. The number of aromatic carboxylic acids is 2. The Morgan fingerprint density at radius 2 is 1.44 bits per heavy atom. The summed E-state index contributed by atoms with van der Waals surface area (Å²) in [6, 6.07) is 2.46. The van der Waals surface area contributed by atoms with Crippen LogP contribution < -0.4 is 0 Å². The maximum atomic E-state index is 10.5. The first-order chi connectivity index (χ1) is 6.91. The molecule has 2 N–H and O–H groups in total. The Labute approximate surface area is 99.0 Å². The van der Waals surface area contributed by atoms with Gasteiger partial charge in [-0.3, -0.25) is 10.1 Å². The van der Waals surface area contributed by atoms with Crippen LogP contribution in [0, 0.1) is 10.1 Å². The number of carboxylic acids is 2. The molecule has 7 nitrogen and oxygen atoms in total. The molecule has 1 rings (SSSR count). The van der Waals surface area contributed by atoms with Crippen molar-refractivity contribution in [3.05, 3.63) is 39.4 Å². The smallest absolute Gasteiger partial charge is 0.335 e. The molecule has 0 saturated carbocycles. The summed E-state index contributed by atoms with van der Waals surface area (Å²) in [5.74, 6) is -2.83. The molecule has 0 bridgehead atoms. The Bertz CT molecular complexity index is 379. The van der Waals surface area contributed by atoms with Crippen LogP contribution in [-0.2, 0) is 16.8 Å². The van der Waals surface area contributed by atoms with Gasteiger partial charge in [0.2, 0.25) is 0 Å². The maximum absolute atomic E-state index is 10.5. The van der Waals surface area contributed by atoms with Gasteiger partial charge in [-0.1, -0.05) is 0 Å². The summed E-state index contributed by atoms with van der Waals surface area (Å²) in [6.45, 7) is 0. The minimum Gasteiger partial charge on any atom is -0.478 e. The normalized spacial score (nSPS) is 9.00. The van der Waals surface area contributed by atoms with Crippen LogP contribution in [0.5, 0.6) is 0 Å². The molecule has 0 fully saturated rings.